The maximum absolute atomic E-state index is 12.3. The van der Waals surface area contributed by atoms with Gasteiger partial charge in [0.05, 0.1) is 6.42 Å². The van der Waals surface area contributed by atoms with Crippen LogP contribution in [0, 0.1) is 0 Å². The van der Waals surface area contributed by atoms with Crippen molar-refractivity contribution in [3.63, 3.8) is 0 Å². The zero-order valence-corrected chi connectivity index (χ0v) is 13.8. The summed E-state index contributed by atoms with van der Waals surface area (Å²) in [4.78, 5) is 27.0. The fraction of sp³-hybridized carbons (Fsp3) is 0.158. The Hall–Kier alpha value is -3.12. The number of benzene rings is 2. The Balaban J connectivity index is 1.66. The Labute approximate surface area is 145 Å². The van der Waals surface area contributed by atoms with Crippen LogP contribution in [0.2, 0.25) is 0 Å². The molecule has 0 unspecified atom stereocenters. The highest BCUT2D eigenvalue weighted by atomic mass is 16.5. The minimum absolute atomic E-state index is 0.0167. The number of hydrogen-bond acceptors (Lipinski definition) is 3. The van der Waals surface area contributed by atoms with Crippen LogP contribution < -0.4 is 10.6 Å². The Morgan fingerprint density at radius 3 is 2.48 bits per heavy atom. The number of carbonyl (C=O) groups excluding carboxylic acids is 2. The Kier molecular flexibility index (Phi) is 5.11. The molecule has 0 fully saturated rings. The third-order valence-corrected chi connectivity index (χ3v) is 3.73. The molecule has 0 radical (unpaired) electrons. The van der Waals surface area contributed by atoms with Gasteiger partial charge in [-0.2, -0.15) is 0 Å². The summed E-state index contributed by atoms with van der Waals surface area (Å²) in [5.41, 5.74) is 3.18. The third kappa shape index (κ3) is 4.24. The number of hydrogen-bond donors (Lipinski definition) is 3. The Morgan fingerprint density at radius 1 is 1.00 bits per heavy atom. The molecule has 0 aliphatic carbocycles. The van der Waals surface area contributed by atoms with E-state index in [0.29, 0.717) is 11.4 Å². The van der Waals surface area contributed by atoms with Crippen molar-refractivity contribution >= 4 is 34.1 Å². The summed E-state index contributed by atoms with van der Waals surface area (Å²) in [5.74, 6) is -0.366. The predicted molar refractivity (Wildman–Crippen MR) is 97.6 cm³/mol. The van der Waals surface area contributed by atoms with Gasteiger partial charge in [-0.3, -0.25) is 9.59 Å². The molecule has 0 spiro atoms. The number of rotatable bonds is 6. The molecule has 1 heterocycles. The molecule has 3 rings (SSSR count). The monoisotopic (exact) mass is 337 g/mol. The molecule has 3 N–H and O–H groups in total. The van der Waals surface area contributed by atoms with Crippen molar-refractivity contribution in [3.8, 4) is 0 Å². The van der Waals surface area contributed by atoms with E-state index in [-0.39, 0.29) is 24.8 Å². The van der Waals surface area contributed by atoms with Crippen LogP contribution in [0.1, 0.15) is 5.56 Å². The first-order chi connectivity index (χ1) is 12.2. The van der Waals surface area contributed by atoms with Crippen molar-refractivity contribution in [3.05, 3.63) is 60.3 Å². The summed E-state index contributed by atoms with van der Waals surface area (Å²) in [6, 6.07) is 14.9. The molecule has 2 aromatic carbocycles. The van der Waals surface area contributed by atoms with Gasteiger partial charge in [0.25, 0.3) is 0 Å². The van der Waals surface area contributed by atoms with Gasteiger partial charge in [-0.15, -0.1) is 0 Å². The molecule has 6 nitrogen and oxygen atoms in total. The minimum atomic E-state index is -0.246. The minimum Gasteiger partial charge on any atom is -0.375 e. The highest BCUT2D eigenvalue weighted by Gasteiger charge is 2.09. The molecule has 0 atom stereocenters. The molecule has 0 aliphatic heterocycles. The number of anilines is 2. The standard InChI is InChI=1S/C19H19N3O3/c1-25-12-19(24)22-15-6-4-5-14(10-15)21-18(23)9-13-11-20-17-8-3-2-7-16(13)17/h2-8,10-11,20H,9,12H2,1H3,(H,21,23)(H,22,24). The van der Waals surface area contributed by atoms with E-state index in [2.05, 4.69) is 15.6 Å². The Bertz CT molecular complexity index is 902. The quantitative estimate of drug-likeness (QED) is 0.647. The summed E-state index contributed by atoms with van der Waals surface area (Å²) in [5, 5.41) is 6.60. The van der Waals surface area contributed by atoms with Gasteiger partial charge < -0.3 is 20.4 Å². The molecule has 0 bridgehead atoms. The number of amides is 2. The van der Waals surface area contributed by atoms with Crippen LogP contribution in [0.5, 0.6) is 0 Å². The number of aromatic amines is 1. The van der Waals surface area contributed by atoms with Crippen LogP contribution >= 0.6 is 0 Å². The first-order valence-corrected chi connectivity index (χ1v) is 7.89. The number of methoxy groups -OCH3 is 1. The van der Waals surface area contributed by atoms with Gasteiger partial charge in [0, 0.05) is 35.6 Å². The van der Waals surface area contributed by atoms with E-state index in [4.69, 9.17) is 4.74 Å². The molecule has 0 saturated carbocycles. The fourth-order valence-electron chi connectivity index (χ4n) is 2.66. The molecule has 3 aromatic rings. The first kappa shape index (κ1) is 16.7. The third-order valence-electron chi connectivity index (χ3n) is 3.73. The van der Waals surface area contributed by atoms with E-state index in [9.17, 15) is 9.59 Å². The topological polar surface area (TPSA) is 83.2 Å². The molecule has 1 aromatic heterocycles. The van der Waals surface area contributed by atoms with E-state index in [1.807, 2.05) is 30.5 Å². The Morgan fingerprint density at radius 2 is 1.72 bits per heavy atom. The van der Waals surface area contributed by atoms with Gasteiger partial charge in [-0.05, 0) is 29.8 Å². The van der Waals surface area contributed by atoms with Crippen LogP contribution in [0.4, 0.5) is 11.4 Å². The fourth-order valence-corrected chi connectivity index (χ4v) is 2.66. The van der Waals surface area contributed by atoms with Crippen molar-refractivity contribution in [1.29, 1.82) is 0 Å². The van der Waals surface area contributed by atoms with Crippen LogP contribution in [-0.4, -0.2) is 30.5 Å². The highest BCUT2D eigenvalue weighted by Crippen LogP contribution is 2.19. The number of aromatic nitrogens is 1. The van der Waals surface area contributed by atoms with Crippen LogP contribution in [0.3, 0.4) is 0 Å². The van der Waals surface area contributed by atoms with Gasteiger partial charge in [-0.1, -0.05) is 24.3 Å². The van der Waals surface area contributed by atoms with Gasteiger partial charge in [-0.25, -0.2) is 0 Å². The van der Waals surface area contributed by atoms with Crippen LogP contribution in [0.15, 0.2) is 54.7 Å². The van der Waals surface area contributed by atoms with E-state index < -0.39 is 0 Å². The van der Waals surface area contributed by atoms with Crippen LogP contribution in [0.25, 0.3) is 10.9 Å². The largest absolute Gasteiger partial charge is 0.375 e. The predicted octanol–water partition coefficient (Wildman–Crippen LogP) is 2.93. The lowest BCUT2D eigenvalue weighted by molar-refractivity contribution is -0.119. The van der Waals surface area contributed by atoms with E-state index >= 15 is 0 Å². The number of ether oxygens (including phenoxy) is 1. The molecule has 6 heteroatoms. The number of para-hydroxylation sites is 1. The lowest BCUT2D eigenvalue weighted by atomic mass is 10.1. The van der Waals surface area contributed by atoms with Gasteiger partial charge >= 0.3 is 0 Å². The number of H-pyrrole nitrogens is 1. The number of nitrogens with one attached hydrogen (secondary N) is 3. The molecule has 2 amide bonds. The number of fused-ring (bicyclic) bond motifs is 1. The molecular formula is C19H19N3O3. The van der Waals surface area contributed by atoms with Gasteiger partial charge in [0.2, 0.25) is 11.8 Å². The summed E-state index contributed by atoms with van der Waals surface area (Å²) >= 11 is 0. The maximum atomic E-state index is 12.3. The maximum Gasteiger partial charge on any atom is 0.250 e. The second-order valence-electron chi connectivity index (χ2n) is 5.65. The smallest absolute Gasteiger partial charge is 0.250 e. The number of carbonyl (C=O) groups is 2. The zero-order valence-electron chi connectivity index (χ0n) is 13.8. The van der Waals surface area contributed by atoms with E-state index in [1.54, 1.807) is 24.3 Å². The lowest BCUT2D eigenvalue weighted by Crippen LogP contribution is -2.18. The normalized spacial score (nSPS) is 10.6. The zero-order chi connectivity index (χ0) is 17.6. The second-order valence-corrected chi connectivity index (χ2v) is 5.65. The second kappa shape index (κ2) is 7.63. The first-order valence-electron chi connectivity index (χ1n) is 7.89. The average Bonchev–Trinajstić information content (AvgIpc) is 2.98. The van der Waals surface area contributed by atoms with Crippen LogP contribution in [-0.2, 0) is 20.7 Å². The molecule has 0 aliphatic rings. The molecular weight excluding hydrogens is 318 g/mol. The average molecular weight is 337 g/mol. The summed E-state index contributed by atoms with van der Waals surface area (Å²) in [6.07, 6.45) is 2.12. The van der Waals surface area contributed by atoms with Crippen molar-refractivity contribution in [2.24, 2.45) is 0 Å². The van der Waals surface area contributed by atoms with Crippen molar-refractivity contribution in [1.82, 2.24) is 4.98 Å². The lowest BCUT2D eigenvalue weighted by Gasteiger charge is -2.08. The van der Waals surface area contributed by atoms with Gasteiger partial charge in [0.15, 0.2) is 0 Å². The van der Waals surface area contributed by atoms with Crippen molar-refractivity contribution in [2.75, 3.05) is 24.4 Å². The molecule has 25 heavy (non-hydrogen) atoms. The summed E-state index contributed by atoms with van der Waals surface area (Å²) < 4.78 is 4.78. The van der Waals surface area contributed by atoms with E-state index in [0.717, 1.165) is 16.5 Å². The summed E-state index contributed by atoms with van der Waals surface area (Å²) in [7, 11) is 1.46. The van der Waals surface area contributed by atoms with Gasteiger partial charge in [0.1, 0.15) is 6.61 Å². The summed E-state index contributed by atoms with van der Waals surface area (Å²) in [6.45, 7) is -0.0167. The SMILES string of the molecule is COCC(=O)Nc1cccc(NC(=O)Cc2c[nH]c3ccccc23)c1. The molecule has 128 valence electrons. The van der Waals surface area contributed by atoms with E-state index in [1.165, 1.54) is 7.11 Å². The molecule has 0 saturated heterocycles. The van der Waals surface area contributed by atoms with Crippen molar-refractivity contribution < 1.29 is 14.3 Å². The highest BCUT2D eigenvalue weighted by molar-refractivity contribution is 5.97. The van der Waals surface area contributed by atoms with Crippen molar-refractivity contribution in [2.45, 2.75) is 6.42 Å².